The number of likely N-dealkylation sites (tertiary alicyclic amines) is 1. The number of hydrogen-bond acceptors (Lipinski definition) is 4. The molecule has 2 aromatic carbocycles. The first-order chi connectivity index (χ1) is 15.8. The van der Waals surface area contributed by atoms with Gasteiger partial charge in [0.15, 0.2) is 0 Å². The van der Waals surface area contributed by atoms with Gasteiger partial charge in [-0.05, 0) is 30.0 Å². The fourth-order valence-corrected chi connectivity index (χ4v) is 4.27. The lowest BCUT2D eigenvalue weighted by molar-refractivity contribution is 0.173. The van der Waals surface area contributed by atoms with Gasteiger partial charge in [-0.15, -0.1) is 0 Å². The lowest BCUT2D eigenvalue weighted by atomic mass is 10.0. The van der Waals surface area contributed by atoms with Crippen LogP contribution >= 0.6 is 0 Å². The van der Waals surface area contributed by atoms with Crippen molar-refractivity contribution in [3.8, 4) is 16.9 Å². The van der Waals surface area contributed by atoms with Crippen LogP contribution in [0.5, 0.6) is 5.75 Å². The fourth-order valence-electron chi connectivity index (χ4n) is 4.27. The Morgan fingerprint density at radius 1 is 0.812 bits per heavy atom. The molecule has 5 heteroatoms. The maximum absolute atomic E-state index is 5.94. The summed E-state index contributed by atoms with van der Waals surface area (Å²) >= 11 is 0. The third-order valence-electron chi connectivity index (χ3n) is 6.08. The number of pyridine rings is 1. The SMILES string of the molecule is c1ccc(COc2cncc(-c3cnn(C4CCN(Cc5ccccc5)CC4)c3)c2)cc1. The summed E-state index contributed by atoms with van der Waals surface area (Å²) in [5.41, 5.74) is 4.64. The van der Waals surface area contributed by atoms with E-state index in [2.05, 4.69) is 68.3 Å². The minimum atomic E-state index is 0.446. The molecule has 0 N–H and O–H groups in total. The van der Waals surface area contributed by atoms with Gasteiger partial charge in [-0.3, -0.25) is 14.6 Å². The maximum atomic E-state index is 5.94. The van der Waals surface area contributed by atoms with Crippen molar-refractivity contribution in [3.05, 3.63) is 103 Å². The highest BCUT2D eigenvalue weighted by Gasteiger charge is 2.21. The lowest BCUT2D eigenvalue weighted by Gasteiger charge is -2.32. The molecule has 2 aromatic heterocycles. The highest BCUT2D eigenvalue weighted by atomic mass is 16.5. The van der Waals surface area contributed by atoms with Crippen molar-refractivity contribution in [1.29, 1.82) is 0 Å². The summed E-state index contributed by atoms with van der Waals surface area (Å²) in [6.07, 6.45) is 9.96. The second-order valence-electron chi connectivity index (χ2n) is 8.39. The number of rotatable bonds is 7. The van der Waals surface area contributed by atoms with Gasteiger partial charge >= 0.3 is 0 Å². The molecule has 1 fully saturated rings. The van der Waals surface area contributed by atoms with E-state index in [0.717, 1.165) is 54.9 Å². The molecule has 4 aromatic rings. The lowest BCUT2D eigenvalue weighted by Crippen LogP contribution is -2.34. The molecular weight excluding hydrogens is 396 g/mol. The Labute approximate surface area is 189 Å². The van der Waals surface area contributed by atoms with Crippen molar-refractivity contribution in [2.24, 2.45) is 0 Å². The Hall–Kier alpha value is -3.44. The van der Waals surface area contributed by atoms with Crippen LogP contribution in [-0.2, 0) is 13.2 Å². The zero-order chi connectivity index (χ0) is 21.6. The largest absolute Gasteiger partial charge is 0.487 e. The third-order valence-corrected chi connectivity index (χ3v) is 6.08. The molecule has 3 heterocycles. The first-order valence-electron chi connectivity index (χ1n) is 11.3. The van der Waals surface area contributed by atoms with E-state index in [1.54, 1.807) is 6.20 Å². The number of aromatic nitrogens is 3. The first-order valence-corrected chi connectivity index (χ1v) is 11.3. The molecule has 0 amide bonds. The molecule has 1 aliphatic heterocycles. The topological polar surface area (TPSA) is 43.2 Å². The van der Waals surface area contributed by atoms with E-state index >= 15 is 0 Å². The number of benzene rings is 2. The van der Waals surface area contributed by atoms with Crippen LogP contribution in [0.1, 0.15) is 30.0 Å². The van der Waals surface area contributed by atoms with Crippen LogP contribution in [0, 0.1) is 0 Å². The molecule has 5 nitrogen and oxygen atoms in total. The molecule has 0 saturated carbocycles. The summed E-state index contributed by atoms with van der Waals surface area (Å²) in [6.45, 7) is 3.75. The van der Waals surface area contributed by atoms with Crippen LogP contribution in [0.25, 0.3) is 11.1 Å². The van der Waals surface area contributed by atoms with Gasteiger partial charge in [0, 0.05) is 43.2 Å². The van der Waals surface area contributed by atoms with E-state index in [-0.39, 0.29) is 0 Å². The fraction of sp³-hybridized carbons (Fsp3) is 0.259. The highest BCUT2D eigenvalue weighted by Crippen LogP contribution is 2.27. The summed E-state index contributed by atoms with van der Waals surface area (Å²) in [5, 5.41) is 4.68. The number of nitrogens with zero attached hydrogens (tertiary/aromatic N) is 4. The van der Waals surface area contributed by atoms with Crippen molar-refractivity contribution in [2.45, 2.75) is 32.0 Å². The second-order valence-corrected chi connectivity index (χ2v) is 8.39. The van der Waals surface area contributed by atoms with Crippen LogP contribution in [0.3, 0.4) is 0 Å². The number of hydrogen-bond donors (Lipinski definition) is 0. The van der Waals surface area contributed by atoms with E-state index in [9.17, 15) is 0 Å². The molecule has 0 bridgehead atoms. The molecule has 0 unspecified atom stereocenters. The summed E-state index contributed by atoms with van der Waals surface area (Å²) < 4.78 is 8.07. The highest BCUT2D eigenvalue weighted by molar-refractivity contribution is 5.62. The normalized spacial score (nSPS) is 15.0. The Balaban J connectivity index is 1.19. The maximum Gasteiger partial charge on any atom is 0.138 e. The van der Waals surface area contributed by atoms with Crippen molar-refractivity contribution in [2.75, 3.05) is 13.1 Å². The summed E-state index contributed by atoms with van der Waals surface area (Å²) in [4.78, 5) is 6.91. The Morgan fingerprint density at radius 3 is 2.28 bits per heavy atom. The molecule has 0 spiro atoms. The minimum Gasteiger partial charge on any atom is -0.487 e. The molecule has 0 radical (unpaired) electrons. The monoisotopic (exact) mass is 424 g/mol. The van der Waals surface area contributed by atoms with Crippen LogP contribution in [0.15, 0.2) is 91.5 Å². The minimum absolute atomic E-state index is 0.446. The van der Waals surface area contributed by atoms with Gasteiger partial charge in [0.05, 0.1) is 18.4 Å². The van der Waals surface area contributed by atoms with Gasteiger partial charge in [0.1, 0.15) is 12.4 Å². The van der Waals surface area contributed by atoms with Crippen molar-refractivity contribution < 1.29 is 4.74 Å². The van der Waals surface area contributed by atoms with Crippen LogP contribution < -0.4 is 4.74 Å². The summed E-state index contributed by atoms with van der Waals surface area (Å²) in [6, 6.07) is 23.4. The average Bonchev–Trinajstić information content (AvgIpc) is 3.35. The molecular formula is C27H28N4O. The molecule has 162 valence electrons. The Kier molecular flexibility index (Phi) is 6.26. The molecule has 1 saturated heterocycles. The number of ether oxygens (including phenoxy) is 1. The Bertz CT molecular complexity index is 1120. The van der Waals surface area contributed by atoms with Crippen LogP contribution in [-0.4, -0.2) is 32.8 Å². The van der Waals surface area contributed by atoms with Crippen molar-refractivity contribution in [1.82, 2.24) is 19.7 Å². The number of piperidine rings is 1. The van der Waals surface area contributed by atoms with E-state index in [1.807, 2.05) is 36.7 Å². The first kappa shape index (κ1) is 20.5. The average molecular weight is 425 g/mol. The standard InChI is InChI=1S/C27H28N4O/c1-3-7-22(8-4-1)19-30-13-11-26(12-14-30)31-20-25(17-29-31)24-15-27(18-28-16-24)32-21-23-9-5-2-6-10-23/h1-10,15-18,20,26H,11-14,19,21H2. The van der Waals surface area contributed by atoms with Gasteiger partial charge in [0.2, 0.25) is 0 Å². The second kappa shape index (κ2) is 9.79. The van der Waals surface area contributed by atoms with Crippen molar-refractivity contribution >= 4 is 0 Å². The smallest absolute Gasteiger partial charge is 0.138 e. The summed E-state index contributed by atoms with van der Waals surface area (Å²) in [7, 11) is 0. The van der Waals surface area contributed by atoms with Gasteiger partial charge in [-0.2, -0.15) is 5.10 Å². The molecule has 1 aliphatic rings. The van der Waals surface area contributed by atoms with E-state index in [1.165, 1.54) is 5.56 Å². The van der Waals surface area contributed by atoms with Gasteiger partial charge in [0.25, 0.3) is 0 Å². The zero-order valence-corrected chi connectivity index (χ0v) is 18.2. The van der Waals surface area contributed by atoms with Crippen LogP contribution in [0.4, 0.5) is 0 Å². The molecule has 5 rings (SSSR count). The summed E-state index contributed by atoms with van der Waals surface area (Å²) in [5.74, 6) is 0.772. The van der Waals surface area contributed by atoms with Gasteiger partial charge < -0.3 is 4.74 Å². The third kappa shape index (κ3) is 5.06. The quantitative estimate of drug-likeness (QED) is 0.400. The predicted octanol–water partition coefficient (Wildman–Crippen LogP) is 5.36. The molecule has 0 atom stereocenters. The van der Waals surface area contributed by atoms with E-state index in [4.69, 9.17) is 4.74 Å². The molecule has 0 aliphatic carbocycles. The molecule has 32 heavy (non-hydrogen) atoms. The van der Waals surface area contributed by atoms with Crippen LogP contribution in [0.2, 0.25) is 0 Å². The predicted molar refractivity (Wildman–Crippen MR) is 126 cm³/mol. The van der Waals surface area contributed by atoms with Gasteiger partial charge in [-0.1, -0.05) is 60.7 Å². The van der Waals surface area contributed by atoms with Crippen molar-refractivity contribution in [3.63, 3.8) is 0 Å². The van der Waals surface area contributed by atoms with E-state index < -0.39 is 0 Å². The zero-order valence-electron chi connectivity index (χ0n) is 18.2. The van der Waals surface area contributed by atoms with E-state index in [0.29, 0.717) is 12.6 Å². The Morgan fingerprint density at radius 2 is 1.53 bits per heavy atom. The van der Waals surface area contributed by atoms with Gasteiger partial charge in [-0.25, -0.2) is 0 Å².